The summed E-state index contributed by atoms with van der Waals surface area (Å²) in [5.74, 6) is 0.991. The molecule has 1 heterocycles. The second-order valence-corrected chi connectivity index (χ2v) is 2.30. The summed E-state index contributed by atoms with van der Waals surface area (Å²) in [6, 6.07) is 8.08. The van der Waals surface area contributed by atoms with Crippen LogP contribution in [0.25, 0.3) is 0 Å². The van der Waals surface area contributed by atoms with E-state index < -0.39 is 0 Å². The maximum atomic E-state index is 5.24. The molecule has 0 N–H and O–H groups in total. The van der Waals surface area contributed by atoms with Crippen molar-refractivity contribution in [2.45, 2.75) is 6.42 Å². The first-order valence-electron chi connectivity index (χ1n) is 3.36. The van der Waals surface area contributed by atoms with Crippen LogP contribution in [0, 0.1) is 0 Å². The van der Waals surface area contributed by atoms with Crippen molar-refractivity contribution in [3.8, 4) is 5.75 Å². The minimum absolute atomic E-state index is 0. The fourth-order valence-electron chi connectivity index (χ4n) is 1.08. The SMILES string of the molecule is C1=COc2ccccc2C1.[Al].[Ni].[Ti]. The average molecular weight is 266 g/mol. The van der Waals surface area contributed by atoms with E-state index in [1.54, 1.807) is 6.26 Å². The molecular formula is C9H8AlNiOTi. The molecule has 0 saturated carbocycles. The number of rotatable bonds is 0. The van der Waals surface area contributed by atoms with Gasteiger partial charge in [-0.15, -0.1) is 0 Å². The number of para-hydroxylation sites is 1. The molecular weight excluding hydrogens is 258 g/mol. The van der Waals surface area contributed by atoms with Crippen LogP contribution >= 0.6 is 0 Å². The Bertz CT molecular complexity index is 251. The summed E-state index contributed by atoms with van der Waals surface area (Å²) in [4.78, 5) is 0. The Labute approximate surface area is 114 Å². The van der Waals surface area contributed by atoms with E-state index >= 15 is 0 Å². The molecule has 0 unspecified atom stereocenters. The third-order valence-electron chi connectivity index (χ3n) is 1.60. The van der Waals surface area contributed by atoms with E-state index in [9.17, 15) is 0 Å². The minimum atomic E-state index is 0. The molecule has 13 heavy (non-hydrogen) atoms. The molecule has 0 aliphatic carbocycles. The molecule has 2 rings (SSSR count). The Morgan fingerprint density at radius 3 is 2.54 bits per heavy atom. The van der Waals surface area contributed by atoms with Gasteiger partial charge in [0.05, 0.1) is 6.26 Å². The summed E-state index contributed by atoms with van der Waals surface area (Å²) in [6.45, 7) is 0. The van der Waals surface area contributed by atoms with Crippen LogP contribution in [0.5, 0.6) is 5.75 Å². The summed E-state index contributed by atoms with van der Waals surface area (Å²) < 4.78 is 5.24. The van der Waals surface area contributed by atoms with Crippen molar-refractivity contribution in [1.82, 2.24) is 0 Å². The first-order valence-corrected chi connectivity index (χ1v) is 3.36. The molecule has 1 nitrogen and oxygen atoms in total. The molecule has 67 valence electrons. The molecule has 0 fully saturated rings. The van der Waals surface area contributed by atoms with Gasteiger partial charge in [0, 0.05) is 55.6 Å². The van der Waals surface area contributed by atoms with Gasteiger partial charge in [-0.25, -0.2) is 0 Å². The van der Waals surface area contributed by atoms with Gasteiger partial charge in [-0.3, -0.25) is 0 Å². The summed E-state index contributed by atoms with van der Waals surface area (Å²) in [5, 5.41) is 0. The van der Waals surface area contributed by atoms with Crippen molar-refractivity contribution in [3.63, 3.8) is 0 Å². The van der Waals surface area contributed by atoms with Crippen LogP contribution in [-0.2, 0) is 44.6 Å². The van der Waals surface area contributed by atoms with Crippen LogP contribution in [-0.4, -0.2) is 17.4 Å². The third kappa shape index (κ3) is 4.03. The number of hydrogen-bond acceptors (Lipinski definition) is 1. The van der Waals surface area contributed by atoms with E-state index in [4.69, 9.17) is 4.74 Å². The Morgan fingerprint density at radius 2 is 1.85 bits per heavy atom. The maximum Gasteiger partial charge on any atom is 0.130 e. The normalized spacial score (nSPS) is 10.8. The van der Waals surface area contributed by atoms with E-state index in [-0.39, 0.29) is 55.6 Å². The van der Waals surface area contributed by atoms with Gasteiger partial charge in [0.25, 0.3) is 0 Å². The molecule has 1 aliphatic rings. The number of fused-ring (bicyclic) bond motifs is 1. The Kier molecular flexibility index (Phi) is 9.65. The van der Waals surface area contributed by atoms with Crippen molar-refractivity contribution in [2.24, 2.45) is 0 Å². The zero-order chi connectivity index (χ0) is 6.81. The molecule has 0 spiro atoms. The maximum absolute atomic E-state index is 5.24. The molecule has 1 aromatic rings. The molecule has 0 atom stereocenters. The van der Waals surface area contributed by atoms with E-state index in [0.29, 0.717) is 0 Å². The zero-order valence-corrected chi connectivity index (χ0v) is 10.7. The number of hydrogen-bond donors (Lipinski definition) is 0. The Balaban J connectivity index is 0. The summed E-state index contributed by atoms with van der Waals surface area (Å²) in [6.07, 6.45) is 4.75. The van der Waals surface area contributed by atoms with Crippen LogP contribution in [0.3, 0.4) is 0 Å². The molecule has 0 aromatic heterocycles. The number of ether oxygens (including phenoxy) is 1. The fraction of sp³-hybridized carbons (Fsp3) is 0.111. The standard InChI is InChI=1S/C9H8O.Al.Ni.Ti/c1-2-6-9-8(4-1)5-3-7-10-9;;;/h1-4,6-7H,5H2;;;. The number of benzene rings is 1. The van der Waals surface area contributed by atoms with Gasteiger partial charge >= 0.3 is 0 Å². The Hall–Kier alpha value is 0.500. The first-order chi connectivity index (χ1) is 4.97. The van der Waals surface area contributed by atoms with E-state index in [1.165, 1.54) is 5.56 Å². The second kappa shape index (κ2) is 7.86. The quantitative estimate of drug-likeness (QED) is 0.650. The van der Waals surface area contributed by atoms with Crippen molar-refractivity contribution < 1.29 is 42.9 Å². The van der Waals surface area contributed by atoms with Crippen LogP contribution < -0.4 is 4.74 Å². The molecule has 0 amide bonds. The average Bonchev–Trinajstić information content (AvgIpc) is 2.05. The van der Waals surface area contributed by atoms with Gasteiger partial charge in [-0.1, -0.05) is 18.2 Å². The summed E-state index contributed by atoms with van der Waals surface area (Å²) in [7, 11) is 0. The van der Waals surface area contributed by atoms with E-state index in [1.807, 2.05) is 24.3 Å². The second-order valence-electron chi connectivity index (χ2n) is 2.30. The van der Waals surface area contributed by atoms with E-state index in [2.05, 4.69) is 6.07 Å². The molecule has 4 heteroatoms. The van der Waals surface area contributed by atoms with Gasteiger partial charge in [-0.2, -0.15) is 0 Å². The predicted molar refractivity (Wildman–Crippen MR) is 45.7 cm³/mol. The van der Waals surface area contributed by atoms with Crippen molar-refractivity contribution in [1.29, 1.82) is 0 Å². The predicted octanol–water partition coefficient (Wildman–Crippen LogP) is 1.75. The molecule has 0 saturated heterocycles. The van der Waals surface area contributed by atoms with Gasteiger partial charge in [0.15, 0.2) is 0 Å². The van der Waals surface area contributed by atoms with Crippen LogP contribution in [0.4, 0.5) is 0 Å². The Morgan fingerprint density at radius 1 is 1.15 bits per heavy atom. The summed E-state index contributed by atoms with van der Waals surface area (Å²) in [5.41, 5.74) is 1.27. The van der Waals surface area contributed by atoms with Crippen molar-refractivity contribution >= 4 is 17.4 Å². The van der Waals surface area contributed by atoms with Crippen LogP contribution in [0.1, 0.15) is 5.56 Å². The topological polar surface area (TPSA) is 9.23 Å². The molecule has 0 bridgehead atoms. The number of allylic oxidation sites excluding steroid dienone is 1. The third-order valence-corrected chi connectivity index (χ3v) is 1.60. The first kappa shape index (κ1) is 16.0. The van der Waals surface area contributed by atoms with Gasteiger partial charge in [0.1, 0.15) is 5.75 Å². The molecule has 1 aliphatic heterocycles. The molecule has 1 aromatic carbocycles. The molecule has 3 radical (unpaired) electrons. The van der Waals surface area contributed by atoms with Crippen molar-refractivity contribution in [2.75, 3.05) is 0 Å². The van der Waals surface area contributed by atoms with Crippen LogP contribution in [0.2, 0.25) is 0 Å². The monoisotopic (exact) mass is 265 g/mol. The summed E-state index contributed by atoms with van der Waals surface area (Å²) >= 11 is 0. The van der Waals surface area contributed by atoms with E-state index in [0.717, 1.165) is 12.2 Å². The fourth-order valence-corrected chi connectivity index (χ4v) is 1.08. The minimum Gasteiger partial charge on any atom is -0.465 e. The van der Waals surface area contributed by atoms with Gasteiger partial charge in [0.2, 0.25) is 0 Å². The van der Waals surface area contributed by atoms with Gasteiger partial charge in [-0.05, 0) is 24.1 Å². The zero-order valence-electron chi connectivity index (χ0n) is 6.97. The largest absolute Gasteiger partial charge is 0.465 e. The smallest absolute Gasteiger partial charge is 0.130 e. The van der Waals surface area contributed by atoms with Crippen molar-refractivity contribution in [3.05, 3.63) is 42.2 Å². The van der Waals surface area contributed by atoms with Crippen LogP contribution in [0.15, 0.2) is 36.6 Å². The van der Waals surface area contributed by atoms with Gasteiger partial charge < -0.3 is 4.74 Å².